The predicted molar refractivity (Wildman–Crippen MR) is 213 cm³/mol. The van der Waals surface area contributed by atoms with Crippen LogP contribution in [-0.4, -0.2) is 15.0 Å². The largest absolute Gasteiger partial charge is 0.208 e. The average Bonchev–Trinajstić information content (AvgIpc) is 3.92. The van der Waals surface area contributed by atoms with Crippen molar-refractivity contribution in [2.45, 2.75) is 0 Å². The third-order valence-corrected chi connectivity index (χ3v) is 10.5. The van der Waals surface area contributed by atoms with Gasteiger partial charge in [0.05, 0.1) is 19.2 Å². The van der Waals surface area contributed by atoms with E-state index in [9.17, 15) is 5.48 Å². The summed E-state index contributed by atoms with van der Waals surface area (Å²) < 4.78 is 123. The molecule has 0 spiro atoms. The first-order valence-corrected chi connectivity index (χ1v) is 17.1. The van der Waals surface area contributed by atoms with E-state index in [0.717, 1.165) is 44.9 Å². The lowest BCUT2D eigenvalue weighted by atomic mass is 9.99. The van der Waals surface area contributed by atoms with Crippen molar-refractivity contribution in [2.75, 3.05) is 0 Å². The van der Waals surface area contributed by atoms with Crippen LogP contribution in [0.2, 0.25) is 0 Å². The van der Waals surface area contributed by atoms with Crippen LogP contribution in [-0.2, 0) is 0 Å². The van der Waals surface area contributed by atoms with Crippen LogP contribution in [0, 0.1) is 0 Å². The lowest BCUT2D eigenvalue weighted by Crippen LogP contribution is -2.00. The van der Waals surface area contributed by atoms with Gasteiger partial charge in [0.2, 0.25) is 0 Å². The van der Waals surface area contributed by atoms with E-state index in [1.807, 2.05) is 66.7 Å². The molecular formula is C45H27N3S2. The zero-order valence-corrected chi connectivity index (χ0v) is 27.3. The maximum Gasteiger partial charge on any atom is 0.165 e. The molecule has 0 amide bonds. The van der Waals surface area contributed by atoms with Crippen molar-refractivity contribution in [3.8, 4) is 56.4 Å². The van der Waals surface area contributed by atoms with E-state index in [-0.39, 0.29) is 87.1 Å². The number of rotatable bonds is 5. The first-order valence-electron chi connectivity index (χ1n) is 22.5. The second kappa shape index (κ2) is 11.8. The maximum atomic E-state index is 9.49. The molecule has 10 rings (SSSR count). The normalized spacial score (nSPS) is 15.5. The molecule has 0 N–H and O–H groups in total. The van der Waals surface area contributed by atoms with Crippen LogP contribution in [0.5, 0.6) is 0 Å². The Bertz CT molecular complexity index is 3670. The third kappa shape index (κ3) is 4.98. The molecule has 0 aliphatic carbocycles. The second-order valence-electron chi connectivity index (χ2n) is 11.4. The maximum absolute atomic E-state index is 9.49. The fourth-order valence-electron chi connectivity index (χ4n) is 5.95. The van der Waals surface area contributed by atoms with Crippen molar-refractivity contribution in [1.82, 2.24) is 15.0 Å². The number of fused-ring (bicyclic) bond motifs is 6. The van der Waals surface area contributed by atoms with Crippen molar-refractivity contribution >= 4 is 63.0 Å². The highest BCUT2D eigenvalue weighted by molar-refractivity contribution is 7.26. The first kappa shape index (κ1) is 18.1. The molecule has 0 saturated heterocycles. The van der Waals surface area contributed by atoms with Crippen molar-refractivity contribution in [1.29, 1.82) is 0 Å². The standard InChI is InChI=1S/C45H27N3S2/c1-2-10-28(11-3-1)29-20-22-30(23-21-29)31-12-8-13-32(26-31)43-46-44(33-24-25-36-34-14-4-6-18-39(34)49-41(36)27-33)48-45(47-43)38-17-9-16-37-35-15-5-7-19-40(35)50-42(37)38/h1-27H/i4D,5D,6D,7D,9D,14D,15D,16D,17D,18D,19D,24D,25D,27D. The van der Waals surface area contributed by atoms with Gasteiger partial charge < -0.3 is 0 Å². The van der Waals surface area contributed by atoms with Gasteiger partial charge >= 0.3 is 0 Å². The molecular weight excluding hydrogens is 647 g/mol. The van der Waals surface area contributed by atoms with Gasteiger partial charge in [0.1, 0.15) is 0 Å². The van der Waals surface area contributed by atoms with Gasteiger partial charge in [-0.25, -0.2) is 15.0 Å². The predicted octanol–water partition coefficient (Wildman–Crippen LogP) is 12.9. The Labute approximate surface area is 316 Å². The van der Waals surface area contributed by atoms with Gasteiger partial charge in [-0.05, 0) is 52.5 Å². The summed E-state index contributed by atoms with van der Waals surface area (Å²) >= 11 is 1.79. The van der Waals surface area contributed by atoms with E-state index in [1.165, 1.54) is 0 Å². The number of hydrogen-bond donors (Lipinski definition) is 0. The van der Waals surface area contributed by atoms with Crippen molar-refractivity contribution < 1.29 is 19.2 Å². The van der Waals surface area contributed by atoms with E-state index < -0.39 is 66.5 Å². The minimum Gasteiger partial charge on any atom is -0.208 e. The van der Waals surface area contributed by atoms with Gasteiger partial charge in [0.25, 0.3) is 0 Å². The summed E-state index contributed by atoms with van der Waals surface area (Å²) in [6.45, 7) is 0. The summed E-state index contributed by atoms with van der Waals surface area (Å²) in [7, 11) is 0. The third-order valence-electron chi connectivity index (χ3n) is 8.35. The van der Waals surface area contributed by atoms with Gasteiger partial charge in [0.15, 0.2) is 17.5 Å². The zero-order valence-electron chi connectivity index (χ0n) is 39.7. The molecule has 0 radical (unpaired) electrons. The quantitative estimate of drug-likeness (QED) is 0.181. The molecule has 50 heavy (non-hydrogen) atoms. The molecule has 0 aliphatic rings. The molecule has 5 heteroatoms. The van der Waals surface area contributed by atoms with Crippen LogP contribution in [0.1, 0.15) is 19.2 Å². The molecule has 10 aromatic rings. The van der Waals surface area contributed by atoms with Crippen LogP contribution < -0.4 is 0 Å². The number of thiophene rings is 2. The monoisotopic (exact) mass is 687 g/mol. The fraction of sp³-hybridized carbons (Fsp3) is 0. The fourth-order valence-corrected chi connectivity index (χ4v) is 7.98. The van der Waals surface area contributed by atoms with Crippen LogP contribution in [0.3, 0.4) is 0 Å². The van der Waals surface area contributed by atoms with Crippen molar-refractivity contribution in [3.05, 3.63) is 163 Å². The van der Waals surface area contributed by atoms with E-state index in [4.69, 9.17) is 28.7 Å². The molecule has 0 fully saturated rings. The summed E-state index contributed by atoms with van der Waals surface area (Å²) in [6.07, 6.45) is 0. The van der Waals surface area contributed by atoms with Crippen LogP contribution in [0.25, 0.3) is 96.8 Å². The molecule has 0 aliphatic heterocycles. The highest BCUT2D eigenvalue weighted by Gasteiger charge is 2.18. The summed E-state index contributed by atoms with van der Waals surface area (Å²) in [5.41, 5.74) is 3.87. The van der Waals surface area contributed by atoms with Crippen LogP contribution in [0.15, 0.2) is 163 Å². The van der Waals surface area contributed by atoms with Crippen LogP contribution >= 0.6 is 22.7 Å². The molecule has 3 nitrogen and oxygen atoms in total. The second-order valence-corrected chi connectivity index (χ2v) is 13.4. The van der Waals surface area contributed by atoms with Gasteiger partial charge in [-0.1, -0.05) is 133 Å². The highest BCUT2D eigenvalue weighted by atomic mass is 32.1. The number of hydrogen-bond acceptors (Lipinski definition) is 5. The number of nitrogens with zero attached hydrogens (tertiary/aromatic N) is 3. The summed E-state index contributed by atoms with van der Waals surface area (Å²) in [4.78, 5) is 14.4. The molecule has 0 saturated carbocycles. The lowest BCUT2D eigenvalue weighted by Gasteiger charge is -2.11. The topological polar surface area (TPSA) is 38.7 Å². The Morgan fingerprint density at radius 3 is 1.78 bits per heavy atom. The van der Waals surface area contributed by atoms with Gasteiger partial charge in [-0.15, -0.1) is 22.7 Å². The Balaban J connectivity index is 1.26. The summed E-state index contributed by atoms with van der Waals surface area (Å²) in [5.74, 6) is -0.466. The molecule has 0 atom stereocenters. The van der Waals surface area contributed by atoms with Gasteiger partial charge in [-0.2, -0.15) is 0 Å². The molecule has 3 aromatic heterocycles. The molecule has 3 heterocycles. The zero-order chi connectivity index (χ0) is 45.2. The smallest absolute Gasteiger partial charge is 0.165 e. The lowest BCUT2D eigenvalue weighted by molar-refractivity contribution is 1.08. The Hall–Kier alpha value is -6.01. The minimum atomic E-state index is -0.554. The molecule has 234 valence electrons. The summed E-state index contributed by atoms with van der Waals surface area (Å²) in [6, 6.07) is 18.9. The SMILES string of the molecule is [2H]c1c([2H])c([2H])c2c(sc3c([2H])c(-c4nc(-c5cccc(-c6ccc(-c7ccccc7)cc6)c5)nc(-c5c([2H])c([2H])c([2H])c6c5sc5c([2H])c([2H])c([2H])c([2H])c56)n4)c([2H])c([2H])c32)c1[2H]. The van der Waals surface area contributed by atoms with Gasteiger partial charge in [0, 0.05) is 57.0 Å². The van der Waals surface area contributed by atoms with Gasteiger partial charge in [-0.3, -0.25) is 0 Å². The average molecular weight is 688 g/mol. The number of aromatic nitrogens is 3. The number of benzene rings is 7. The molecule has 0 unspecified atom stereocenters. The van der Waals surface area contributed by atoms with Crippen molar-refractivity contribution in [2.24, 2.45) is 0 Å². The first-order chi connectivity index (χ1) is 30.6. The van der Waals surface area contributed by atoms with Crippen LogP contribution in [0.4, 0.5) is 0 Å². The highest BCUT2D eigenvalue weighted by Crippen LogP contribution is 2.40. The van der Waals surface area contributed by atoms with Crippen molar-refractivity contribution in [3.63, 3.8) is 0 Å². The Morgan fingerprint density at radius 2 is 0.980 bits per heavy atom. The minimum absolute atomic E-state index is 0.00915. The summed E-state index contributed by atoms with van der Waals surface area (Å²) in [5, 5.41) is 0.0524. The van der Waals surface area contributed by atoms with E-state index in [1.54, 1.807) is 12.1 Å². The molecule has 7 aromatic carbocycles. The molecule has 0 bridgehead atoms. The Kier molecular flexibility index (Phi) is 4.29. The van der Waals surface area contributed by atoms with E-state index >= 15 is 0 Å². The van der Waals surface area contributed by atoms with E-state index in [0.29, 0.717) is 5.56 Å². The Morgan fingerprint density at radius 1 is 0.400 bits per heavy atom. The van der Waals surface area contributed by atoms with E-state index in [2.05, 4.69) is 0 Å².